The van der Waals surface area contributed by atoms with E-state index in [2.05, 4.69) is 25.7 Å². The number of tetrazole rings is 1. The first-order valence-corrected chi connectivity index (χ1v) is 16.2. The number of hydrogen-bond donors (Lipinski definition) is 1. The molecule has 15 heteroatoms. The monoisotopic (exact) mass is 641 g/mol. The number of anilines is 1. The van der Waals surface area contributed by atoms with Gasteiger partial charge in [-0.25, -0.2) is 22.7 Å². The van der Waals surface area contributed by atoms with E-state index in [-0.39, 0.29) is 28.1 Å². The van der Waals surface area contributed by atoms with Crippen molar-refractivity contribution < 1.29 is 12.5 Å². The molecule has 1 aliphatic rings. The van der Waals surface area contributed by atoms with Gasteiger partial charge in [0.1, 0.15) is 22.8 Å². The van der Waals surface area contributed by atoms with Crippen LogP contribution in [-0.4, -0.2) is 70.2 Å². The van der Waals surface area contributed by atoms with Crippen LogP contribution >= 0.6 is 11.6 Å². The SMILES string of the molecule is [2H]C([2H])([2H])n1nnc(-c2nc(Cl)ccc2NC(C)c2cc(C)cc3c(=O)n(C)c4c(C5CCN(S(=O)(=O)C(C)C)CC5)ncn4c23)n1. The Balaban J connectivity index is 1.41. The molecule has 1 saturated heterocycles. The van der Waals surface area contributed by atoms with E-state index in [4.69, 9.17) is 20.7 Å². The standard InChI is InChI=1S/C29H35ClN10O3S/c1-16(2)44(42,43)39-11-9-19(10-12-39)24-28-37(5)29(41)21-14-17(3)13-20(26(21)40(28)15-31-24)18(4)32-22-7-8-23(30)33-25(22)27-34-36-38(6)35-27/h7-8,13-16,18-19,32H,9-12H2,1-6H3/i6D3. The van der Waals surface area contributed by atoms with Gasteiger partial charge < -0.3 is 5.32 Å². The first kappa shape index (κ1) is 26.5. The fourth-order valence-corrected chi connectivity index (χ4v) is 7.47. The van der Waals surface area contributed by atoms with Gasteiger partial charge in [-0.1, -0.05) is 17.7 Å². The van der Waals surface area contributed by atoms with Crippen molar-refractivity contribution in [1.82, 2.24) is 43.4 Å². The van der Waals surface area contributed by atoms with E-state index < -0.39 is 28.3 Å². The van der Waals surface area contributed by atoms with Gasteiger partial charge in [-0.2, -0.15) is 4.80 Å². The molecule has 5 aromatic rings. The second-order valence-corrected chi connectivity index (χ2v) is 14.4. The van der Waals surface area contributed by atoms with Gasteiger partial charge in [-0.15, -0.1) is 10.2 Å². The number of benzene rings is 1. The smallest absolute Gasteiger partial charge is 0.261 e. The maximum Gasteiger partial charge on any atom is 0.261 e. The second-order valence-electron chi connectivity index (χ2n) is 11.5. The number of hydrogen-bond acceptors (Lipinski definition) is 9. The Kier molecular flexibility index (Phi) is 6.77. The number of nitrogens with one attached hydrogen (secondary N) is 1. The number of fused-ring (bicyclic) bond motifs is 3. The average Bonchev–Trinajstić information content (AvgIpc) is 3.69. The van der Waals surface area contributed by atoms with Crippen LogP contribution in [-0.2, 0) is 24.0 Å². The minimum absolute atomic E-state index is 0.0184. The first-order chi connectivity index (χ1) is 22.1. The van der Waals surface area contributed by atoms with Crippen molar-refractivity contribution in [2.75, 3.05) is 18.4 Å². The van der Waals surface area contributed by atoms with Gasteiger partial charge in [0.2, 0.25) is 15.8 Å². The van der Waals surface area contributed by atoms with Crippen LogP contribution in [0.1, 0.15) is 66.5 Å². The highest BCUT2D eigenvalue weighted by atomic mass is 35.5. The van der Waals surface area contributed by atoms with Gasteiger partial charge in [0.25, 0.3) is 5.56 Å². The molecule has 13 nitrogen and oxygen atoms in total. The fraction of sp³-hybridized carbons (Fsp3) is 0.448. The van der Waals surface area contributed by atoms with Crippen LogP contribution in [0.3, 0.4) is 0 Å². The molecule has 0 saturated carbocycles. The number of sulfonamides is 1. The van der Waals surface area contributed by atoms with Gasteiger partial charge in [-0.3, -0.25) is 13.8 Å². The van der Waals surface area contributed by atoms with Crippen molar-refractivity contribution >= 4 is 43.9 Å². The number of nitrogens with zero attached hydrogens (tertiary/aromatic N) is 9. The molecule has 44 heavy (non-hydrogen) atoms. The Morgan fingerprint density at radius 1 is 1.16 bits per heavy atom. The van der Waals surface area contributed by atoms with Gasteiger partial charge in [0, 0.05) is 30.2 Å². The van der Waals surface area contributed by atoms with E-state index in [0.717, 1.165) is 16.8 Å². The maximum atomic E-state index is 13.9. The summed E-state index contributed by atoms with van der Waals surface area (Å²) in [5.41, 5.74) is 4.31. The Morgan fingerprint density at radius 3 is 2.59 bits per heavy atom. The van der Waals surface area contributed by atoms with Crippen molar-refractivity contribution in [3.63, 3.8) is 0 Å². The van der Waals surface area contributed by atoms with Crippen molar-refractivity contribution in [2.24, 2.45) is 14.0 Å². The van der Waals surface area contributed by atoms with E-state index >= 15 is 0 Å². The molecule has 0 amide bonds. The normalized spacial score (nSPS) is 17.2. The van der Waals surface area contributed by atoms with Crippen molar-refractivity contribution in [3.05, 3.63) is 62.9 Å². The summed E-state index contributed by atoms with van der Waals surface area (Å²) in [5, 5.41) is 15.2. The summed E-state index contributed by atoms with van der Waals surface area (Å²) in [7, 11) is -1.62. The number of rotatable bonds is 7. The van der Waals surface area contributed by atoms with Gasteiger partial charge in [-0.05, 0) is 75.1 Å². The Hall–Kier alpha value is -3.88. The minimum Gasteiger partial charge on any atom is -0.377 e. The van der Waals surface area contributed by atoms with E-state index in [9.17, 15) is 13.2 Å². The van der Waals surface area contributed by atoms with Crippen LogP contribution in [0.2, 0.25) is 5.15 Å². The highest BCUT2D eigenvalue weighted by molar-refractivity contribution is 7.89. The lowest BCUT2D eigenvalue weighted by Crippen LogP contribution is -2.41. The number of aromatic nitrogens is 8. The third kappa shape index (κ3) is 5.14. The van der Waals surface area contributed by atoms with Crippen LogP contribution in [0, 0.1) is 6.92 Å². The number of piperidine rings is 1. The quantitative estimate of drug-likeness (QED) is 0.262. The Morgan fingerprint density at radius 2 is 1.91 bits per heavy atom. The van der Waals surface area contributed by atoms with Crippen LogP contribution < -0.4 is 10.9 Å². The van der Waals surface area contributed by atoms with Crippen LogP contribution in [0.4, 0.5) is 5.69 Å². The molecule has 1 N–H and O–H groups in total. The molecular weight excluding hydrogens is 604 g/mol. The molecule has 1 unspecified atom stereocenters. The molecule has 1 fully saturated rings. The average molecular weight is 642 g/mol. The largest absolute Gasteiger partial charge is 0.377 e. The summed E-state index contributed by atoms with van der Waals surface area (Å²) in [6, 6.07) is 6.75. The maximum absolute atomic E-state index is 13.9. The van der Waals surface area contributed by atoms with Crippen LogP contribution in [0.5, 0.6) is 0 Å². The van der Waals surface area contributed by atoms with Crippen molar-refractivity contribution in [1.29, 1.82) is 0 Å². The summed E-state index contributed by atoms with van der Waals surface area (Å²) >= 11 is 6.21. The lowest BCUT2D eigenvalue weighted by Gasteiger charge is -2.32. The lowest BCUT2D eigenvalue weighted by atomic mass is 9.94. The highest BCUT2D eigenvalue weighted by Crippen LogP contribution is 2.35. The number of imidazole rings is 1. The lowest BCUT2D eigenvalue weighted by molar-refractivity contribution is 0.315. The summed E-state index contributed by atoms with van der Waals surface area (Å²) in [6.45, 7) is 5.40. The third-order valence-corrected chi connectivity index (χ3v) is 10.8. The minimum atomic E-state index is -3.36. The summed E-state index contributed by atoms with van der Waals surface area (Å²) in [5.74, 6) is -0.0419. The number of pyridine rings is 1. The molecule has 0 bridgehead atoms. The molecule has 0 spiro atoms. The van der Waals surface area contributed by atoms with Gasteiger partial charge in [0.05, 0.1) is 40.6 Å². The highest BCUT2D eigenvalue weighted by Gasteiger charge is 2.33. The number of aryl methyl sites for hydroxylation is 3. The molecule has 232 valence electrons. The Labute approximate surface area is 264 Å². The third-order valence-electron chi connectivity index (χ3n) is 8.27. The molecule has 4 aromatic heterocycles. The molecule has 5 heterocycles. The predicted molar refractivity (Wildman–Crippen MR) is 169 cm³/mol. The van der Waals surface area contributed by atoms with Gasteiger partial charge in [0.15, 0.2) is 0 Å². The topological polar surface area (TPSA) is 145 Å². The van der Waals surface area contributed by atoms with Gasteiger partial charge >= 0.3 is 0 Å². The molecule has 1 aliphatic heterocycles. The predicted octanol–water partition coefficient (Wildman–Crippen LogP) is 3.82. The summed E-state index contributed by atoms with van der Waals surface area (Å²) in [6.07, 6.45) is 2.91. The molecular formula is C29H35ClN10O3S. The van der Waals surface area contributed by atoms with Crippen LogP contribution in [0.15, 0.2) is 35.4 Å². The summed E-state index contributed by atoms with van der Waals surface area (Å²) < 4.78 is 53.4. The van der Waals surface area contributed by atoms with E-state index in [1.54, 1.807) is 48.2 Å². The second kappa shape index (κ2) is 11.2. The molecule has 0 radical (unpaired) electrons. The zero-order valence-electron chi connectivity index (χ0n) is 28.0. The molecule has 1 atom stereocenters. The zero-order valence-corrected chi connectivity index (χ0v) is 26.6. The van der Waals surface area contributed by atoms with Crippen molar-refractivity contribution in [3.8, 4) is 11.5 Å². The van der Waals surface area contributed by atoms with Crippen molar-refractivity contribution in [2.45, 2.75) is 57.7 Å². The molecule has 1 aromatic carbocycles. The van der Waals surface area contributed by atoms with Crippen LogP contribution in [0.25, 0.3) is 28.1 Å². The Bertz CT molecular complexity index is 2170. The zero-order chi connectivity index (χ0) is 34.0. The number of halogens is 1. The molecule has 6 rings (SSSR count). The fourth-order valence-electron chi connectivity index (χ4n) is 6.01. The first-order valence-electron chi connectivity index (χ1n) is 15.8. The van der Waals surface area contributed by atoms with E-state index in [1.165, 1.54) is 0 Å². The van der Waals surface area contributed by atoms with E-state index in [1.807, 2.05) is 30.4 Å². The molecule has 0 aliphatic carbocycles. The van der Waals surface area contributed by atoms with E-state index in [0.29, 0.717) is 53.0 Å². The summed E-state index contributed by atoms with van der Waals surface area (Å²) in [4.78, 5) is 23.6.